The van der Waals surface area contributed by atoms with Crippen LogP contribution < -0.4 is 25.7 Å². The van der Waals surface area contributed by atoms with E-state index in [0.29, 0.717) is 23.1 Å². The molecule has 0 aliphatic heterocycles. The van der Waals surface area contributed by atoms with Crippen LogP contribution >= 0.6 is 0 Å². The van der Waals surface area contributed by atoms with Crippen molar-refractivity contribution in [3.63, 3.8) is 0 Å². The molecule has 20 heavy (non-hydrogen) atoms. The molecule has 2 aromatic rings. The van der Waals surface area contributed by atoms with Crippen molar-refractivity contribution >= 4 is 11.9 Å². The van der Waals surface area contributed by atoms with E-state index in [1.54, 1.807) is 32.4 Å². The van der Waals surface area contributed by atoms with Crippen LogP contribution in [0.1, 0.15) is 5.82 Å². The molecule has 0 radical (unpaired) electrons. The molecule has 2 rings (SSSR count). The zero-order chi connectivity index (χ0) is 14.5. The maximum Gasteiger partial charge on any atom is 0.225 e. The summed E-state index contributed by atoms with van der Waals surface area (Å²) in [6, 6.07) is 5.18. The monoisotopic (exact) mass is 277 g/mol. The molecule has 8 nitrogen and oxygen atoms in total. The Kier molecular flexibility index (Phi) is 4.04. The summed E-state index contributed by atoms with van der Waals surface area (Å²) < 4.78 is 15.9. The molecule has 1 aromatic heterocycles. The molecule has 0 atom stereocenters. The van der Waals surface area contributed by atoms with Gasteiger partial charge in [-0.1, -0.05) is 0 Å². The fourth-order valence-electron chi connectivity index (χ4n) is 1.53. The molecule has 8 heteroatoms. The van der Waals surface area contributed by atoms with Gasteiger partial charge in [-0.3, -0.25) is 0 Å². The van der Waals surface area contributed by atoms with E-state index >= 15 is 0 Å². The van der Waals surface area contributed by atoms with Gasteiger partial charge in [0.1, 0.15) is 23.9 Å². The summed E-state index contributed by atoms with van der Waals surface area (Å²) in [5.41, 5.74) is 11.0. The third-order valence-electron chi connectivity index (χ3n) is 2.41. The topological polar surface area (TPSA) is 118 Å². The molecular formula is C12H15N5O3. The number of aromatic nitrogens is 3. The van der Waals surface area contributed by atoms with E-state index in [0.717, 1.165) is 0 Å². The van der Waals surface area contributed by atoms with Crippen molar-refractivity contribution in [2.24, 2.45) is 0 Å². The molecule has 0 aliphatic rings. The van der Waals surface area contributed by atoms with Crippen molar-refractivity contribution in [3.05, 3.63) is 24.0 Å². The molecule has 0 amide bonds. The highest BCUT2D eigenvalue weighted by atomic mass is 16.5. The van der Waals surface area contributed by atoms with Crippen molar-refractivity contribution in [2.45, 2.75) is 6.61 Å². The lowest BCUT2D eigenvalue weighted by atomic mass is 10.3. The largest absolute Gasteiger partial charge is 0.496 e. The van der Waals surface area contributed by atoms with Gasteiger partial charge in [0.05, 0.1) is 14.2 Å². The van der Waals surface area contributed by atoms with E-state index < -0.39 is 0 Å². The van der Waals surface area contributed by atoms with Crippen molar-refractivity contribution in [1.82, 2.24) is 15.0 Å². The van der Waals surface area contributed by atoms with Gasteiger partial charge in [0.25, 0.3) is 0 Å². The summed E-state index contributed by atoms with van der Waals surface area (Å²) in [5.74, 6) is 2.25. The average Bonchev–Trinajstić information content (AvgIpc) is 2.43. The first-order valence-corrected chi connectivity index (χ1v) is 5.72. The number of methoxy groups -OCH3 is 2. The van der Waals surface area contributed by atoms with E-state index in [1.165, 1.54) is 0 Å². The molecule has 0 saturated heterocycles. The summed E-state index contributed by atoms with van der Waals surface area (Å²) in [5, 5.41) is 0. The highest BCUT2D eigenvalue weighted by Crippen LogP contribution is 2.27. The van der Waals surface area contributed by atoms with E-state index in [4.69, 9.17) is 25.7 Å². The SMILES string of the molecule is COc1cc(OC)cc(OCc2nc(N)nc(N)n2)c1. The zero-order valence-corrected chi connectivity index (χ0v) is 11.2. The lowest BCUT2D eigenvalue weighted by Crippen LogP contribution is -2.09. The second kappa shape index (κ2) is 5.91. The van der Waals surface area contributed by atoms with Crippen molar-refractivity contribution in [1.29, 1.82) is 0 Å². The normalized spacial score (nSPS) is 10.1. The molecule has 0 saturated carbocycles. The molecule has 1 aromatic carbocycles. The summed E-state index contributed by atoms with van der Waals surface area (Å²) in [7, 11) is 3.12. The minimum absolute atomic E-state index is 0.0549. The third kappa shape index (κ3) is 3.37. The molecule has 106 valence electrons. The van der Waals surface area contributed by atoms with Gasteiger partial charge in [-0.2, -0.15) is 15.0 Å². The molecule has 1 heterocycles. The van der Waals surface area contributed by atoms with Gasteiger partial charge in [-0.15, -0.1) is 0 Å². The smallest absolute Gasteiger partial charge is 0.225 e. The summed E-state index contributed by atoms with van der Waals surface area (Å²) in [4.78, 5) is 11.5. The van der Waals surface area contributed by atoms with Gasteiger partial charge in [0.15, 0.2) is 5.82 Å². The molecule has 0 bridgehead atoms. The molecular weight excluding hydrogens is 262 g/mol. The Morgan fingerprint density at radius 3 is 1.85 bits per heavy atom. The summed E-state index contributed by atoms with van der Waals surface area (Å²) in [6.07, 6.45) is 0. The highest BCUT2D eigenvalue weighted by molar-refractivity contribution is 5.42. The van der Waals surface area contributed by atoms with Gasteiger partial charge < -0.3 is 25.7 Å². The van der Waals surface area contributed by atoms with Crippen LogP contribution in [0.4, 0.5) is 11.9 Å². The van der Waals surface area contributed by atoms with Gasteiger partial charge in [0.2, 0.25) is 11.9 Å². The van der Waals surface area contributed by atoms with Crippen LogP contribution in [-0.2, 0) is 6.61 Å². The van der Waals surface area contributed by atoms with Gasteiger partial charge >= 0.3 is 0 Å². The van der Waals surface area contributed by atoms with E-state index in [2.05, 4.69) is 15.0 Å². The third-order valence-corrected chi connectivity index (χ3v) is 2.41. The van der Waals surface area contributed by atoms with E-state index in [-0.39, 0.29) is 18.5 Å². The number of nitrogen functional groups attached to an aromatic ring is 2. The average molecular weight is 277 g/mol. The summed E-state index contributed by atoms with van der Waals surface area (Å²) in [6.45, 7) is 0.104. The number of benzene rings is 1. The first-order valence-electron chi connectivity index (χ1n) is 5.72. The standard InChI is InChI=1S/C12H15N5O3/c1-18-7-3-8(19-2)5-9(4-7)20-6-10-15-11(13)17-12(14)16-10/h3-5H,6H2,1-2H3,(H4,13,14,15,16,17). The van der Waals surface area contributed by atoms with Crippen LogP contribution in [0.2, 0.25) is 0 Å². The molecule has 4 N–H and O–H groups in total. The fraction of sp³-hybridized carbons (Fsp3) is 0.250. The maximum absolute atomic E-state index is 5.56. The number of nitrogens with two attached hydrogens (primary N) is 2. The second-order valence-electron chi connectivity index (χ2n) is 3.81. The van der Waals surface area contributed by atoms with E-state index in [9.17, 15) is 0 Å². The van der Waals surface area contributed by atoms with Gasteiger partial charge in [-0.05, 0) is 0 Å². The van der Waals surface area contributed by atoms with Crippen LogP contribution in [0.5, 0.6) is 17.2 Å². The Bertz CT molecular complexity index is 563. The van der Waals surface area contributed by atoms with Crippen molar-refractivity contribution in [2.75, 3.05) is 25.7 Å². The number of rotatable bonds is 5. The highest BCUT2D eigenvalue weighted by Gasteiger charge is 2.06. The lowest BCUT2D eigenvalue weighted by Gasteiger charge is -2.10. The van der Waals surface area contributed by atoms with Crippen LogP contribution in [-0.4, -0.2) is 29.2 Å². The van der Waals surface area contributed by atoms with Gasteiger partial charge in [-0.25, -0.2) is 0 Å². The van der Waals surface area contributed by atoms with Crippen LogP contribution in [0, 0.1) is 0 Å². The Labute approximate surface area is 115 Å². The summed E-state index contributed by atoms with van der Waals surface area (Å²) >= 11 is 0. The number of hydrogen-bond donors (Lipinski definition) is 2. The van der Waals surface area contributed by atoms with E-state index in [1.807, 2.05) is 0 Å². The second-order valence-corrected chi connectivity index (χ2v) is 3.81. The van der Waals surface area contributed by atoms with Crippen molar-refractivity contribution in [3.8, 4) is 17.2 Å². The molecule has 0 unspecified atom stereocenters. The van der Waals surface area contributed by atoms with Crippen LogP contribution in [0.15, 0.2) is 18.2 Å². The lowest BCUT2D eigenvalue weighted by molar-refractivity contribution is 0.291. The zero-order valence-electron chi connectivity index (χ0n) is 11.2. The number of ether oxygens (including phenoxy) is 3. The Morgan fingerprint density at radius 2 is 1.35 bits per heavy atom. The van der Waals surface area contributed by atoms with Crippen LogP contribution in [0.25, 0.3) is 0 Å². The number of hydrogen-bond acceptors (Lipinski definition) is 8. The first kappa shape index (κ1) is 13.7. The molecule has 0 spiro atoms. The molecule has 0 fully saturated rings. The Morgan fingerprint density at radius 1 is 0.850 bits per heavy atom. The minimum Gasteiger partial charge on any atom is -0.496 e. The first-order chi connectivity index (χ1) is 9.60. The maximum atomic E-state index is 5.56. The van der Waals surface area contributed by atoms with Crippen LogP contribution in [0.3, 0.4) is 0 Å². The predicted molar refractivity (Wildman–Crippen MR) is 72.5 cm³/mol. The van der Waals surface area contributed by atoms with Crippen molar-refractivity contribution < 1.29 is 14.2 Å². The number of nitrogens with zero attached hydrogens (tertiary/aromatic N) is 3. The van der Waals surface area contributed by atoms with Gasteiger partial charge in [0, 0.05) is 18.2 Å². The molecule has 0 aliphatic carbocycles. The quantitative estimate of drug-likeness (QED) is 0.817. The predicted octanol–water partition coefficient (Wildman–Crippen LogP) is 0.632. The number of anilines is 2. The Hall–Kier alpha value is -2.77. The Balaban J connectivity index is 2.13. The fourth-order valence-corrected chi connectivity index (χ4v) is 1.53. The minimum atomic E-state index is 0.0549.